The van der Waals surface area contributed by atoms with Gasteiger partial charge in [0.2, 0.25) is 0 Å². The summed E-state index contributed by atoms with van der Waals surface area (Å²) in [5.41, 5.74) is 1.97. The van der Waals surface area contributed by atoms with Gasteiger partial charge in [0.15, 0.2) is 0 Å². The van der Waals surface area contributed by atoms with E-state index in [1.807, 2.05) is 18.2 Å². The summed E-state index contributed by atoms with van der Waals surface area (Å²) in [6.07, 6.45) is 0. The number of carbonyl (C=O) groups is 2. The first-order valence-electron chi connectivity index (χ1n) is 10.7. The monoisotopic (exact) mass is 479 g/mol. The number of sulfonamides is 1. The predicted octanol–water partition coefficient (Wildman–Crippen LogP) is 3.95. The van der Waals surface area contributed by atoms with Crippen molar-refractivity contribution in [3.63, 3.8) is 0 Å². The molecule has 0 fully saturated rings. The molecule has 3 aromatic carbocycles. The molecule has 0 bridgehead atoms. The molecule has 0 radical (unpaired) electrons. The van der Waals surface area contributed by atoms with E-state index in [-0.39, 0.29) is 22.7 Å². The van der Waals surface area contributed by atoms with E-state index in [1.54, 1.807) is 50.4 Å². The Hall–Kier alpha value is -3.85. The van der Waals surface area contributed by atoms with Gasteiger partial charge in [-0.2, -0.15) is 0 Å². The standard InChI is InChI=1S/C25H25N3O5S/c1-17(19-7-5-4-6-8-19)28-25(30)27(2)22-14-11-20(15-23(22)34(28,31)32)24(29)26-16-18-9-12-21(33-3)13-10-18/h4-15,17H,16H2,1-3H3,(H,26,29). The zero-order valence-electron chi connectivity index (χ0n) is 19.1. The Morgan fingerprint density at radius 3 is 2.35 bits per heavy atom. The topological polar surface area (TPSA) is 96.0 Å². The number of urea groups is 1. The summed E-state index contributed by atoms with van der Waals surface area (Å²) in [6, 6.07) is 19.1. The summed E-state index contributed by atoms with van der Waals surface area (Å²) in [5.74, 6) is 0.291. The third kappa shape index (κ3) is 4.22. The van der Waals surface area contributed by atoms with Crippen LogP contribution in [-0.2, 0) is 16.6 Å². The second-order valence-electron chi connectivity index (χ2n) is 7.94. The van der Waals surface area contributed by atoms with Gasteiger partial charge in [0.05, 0.1) is 18.8 Å². The Bertz CT molecular complexity index is 1320. The minimum atomic E-state index is -4.19. The molecule has 1 N–H and O–H groups in total. The number of benzene rings is 3. The third-order valence-electron chi connectivity index (χ3n) is 5.84. The highest BCUT2D eigenvalue weighted by molar-refractivity contribution is 7.90. The molecule has 1 aliphatic rings. The number of fused-ring (bicyclic) bond motifs is 1. The molecule has 176 valence electrons. The highest BCUT2D eigenvalue weighted by Crippen LogP contribution is 2.38. The fourth-order valence-corrected chi connectivity index (χ4v) is 5.69. The number of nitrogens with one attached hydrogen (secondary N) is 1. The second-order valence-corrected chi connectivity index (χ2v) is 9.73. The summed E-state index contributed by atoms with van der Waals surface area (Å²) in [6.45, 7) is 1.93. The van der Waals surface area contributed by atoms with Crippen molar-refractivity contribution in [1.29, 1.82) is 0 Å². The zero-order valence-corrected chi connectivity index (χ0v) is 19.9. The van der Waals surface area contributed by atoms with E-state index < -0.39 is 28.0 Å². The van der Waals surface area contributed by atoms with Gasteiger partial charge in [-0.1, -0.05) is 42.5 Å². The molecule has 3 aromatic rings. The van der Waals surface area contributed by atoms with Gasteiger partial charge in [-0.3, -0.25) is 9.69 Å². The molecule has 0 saturated carbocycles. The Kier molecular flexibility index (Phi) is 6.30. The van der Waals surface area contributed by atoms with E-state index in [2.05, 4.69) is 5.32 Å². The molecular formula is C25H25N3O5S. The Morgan fingerprint density at radius 1 is 1.03 bits per heavy atom. The minimum absolute atomic E-state index is 0.0884. The van der Waals surface area contributed by atoms with Gasteiger partial charge in [-0.15, -0.1) is 0 Å². The first-order chi connectivity index (χ1) is 16.2. The Labute approximate surface area is 198 Å². The summed E-state index contributed by atoms with van der Waals surface area (Å²) in [5, 5.41) is 2.80. The largest absolute Gasteiger partial charge is 0.497 e. The fraction of sp³-hybridized carbons (Fsp3) is 0.200. The van der Waals surface area contributed by atoms with Gasteiger partial charge in [0, 0.05) is 19.2 Å². The summed E-state index contributed by atoms with van der Waals surface area (Å²) in [4.78, 5) is 27.0. The number of rotatable bonds is 6. The van der Waals surface area contributed by atoms with Crippen molar-refractivity contribution >= 4 is 27.6 Å². The van der Waals surface area contributed by atoms with E-state index in [4.69, 9.17) is 4.74 Å². The quantitative estimate of drug-likeness (QED) is 0.578. The predicted molar refractivity (Wildman–Crippen MR) is 128 cm³/mol. The van der Waals surface area contributed by atoms with Crippen LogP contribution in [0.2, 0.25) is 0 Å². The van der Waals surface area contributed by atoms with E-state index in [0.29, 0.717) is 11.3 Å². The van der Waals surface area contributed by atoms with Crippen LogP contribution in [0.4, 0.5) is 10.5 Å². The number of ether oxygens (including phenoxy) is 1. The van der Waals surface area contributed by atoms with Gasteiger partial charge in [-0.25, -0.2) is 17.5 Å². The van der Waals surface area contributed by atoms with Gasteiger partial charge in [0.25, 0.3) is 15.9 Å². The van der Waals surface area contributed by atoms with Crippen LogP contribution < -0.4 is 15.0 Å². The minimum Gasteiger partial charge on any atom is -0.497 e. The van der Waals surface area contributed by atoms with Crippen molar-refractivity contribution in [3.05, 3.63) is 89.5 Å². The molecule has 1 heterocycles. The first-order valence-corrected chi connectivity index (χ1v) is 12.1. The van der Waals surface area contributed by atoms with Gasteiger partial charge in [-0.05, 0) is 48.4 Å². The van der Waals surface area contributed by atoms with Crippen LogP contribution in [0.5, 0.6) is 5.75 Å². The average molecular weight is 480 g/mol. The molecule has 9 heteroatoms. The molecule has 3 amide bonds. The number of carbonyl (C=O) groups excluding carboxylic acids is 2. The summed E-state index contributed by atoms with van der Waals surface area (Å²) < 4.78 is 33.0. The second kappa shape index (κ2) is 9.18. The molecule has 1 unspecified atom stereocenters. The van der Waals surface area contributed by atoms with Crippen LogP contribution in [0.25, 0.3) is 0 Å². The summed E-state index contributed by atoms with van der Waals surface area (Å²) in [7, 11) is -1.10. The highest BCUT2D eigenvalue weighted by Gasteiger charge is 2.43. The fourth-order valence-electron chi connectivity index (χ4n) is 3.87. The maximum Gasteiger partial charge on any atom is 0.338 e. The molecule has 0 saturated heterocycles. The molecule has 1 atom stereocenters. The van der Waals surface area contributed by atoms with Gasteiger partial charge < -0.3 is 10.1 Å². The number of nitrogens with zero attached hydrogens (tertiary/aromatic N) is 2. The number of amides is 3. The molecule has 1 aliphatic heterocycles. The zero-order chi connectivity index (χ0) is 24.5. The van der Waals surface area contributed by atoms with Crippen LogP contribution in [0, 0.1) is 0 Å². The smallest absolute Gasteiger partial charge is 0.338 e. The van der Waals surface area contributed by atoms with Gasteiger partial charge in [0.1, 0.15) is 10.6 Å². The number of methoxy groups -OCH3 is 1. The molecule has 0 spiro atoms. The lowest BCUT2D eigenvalue weighted by molar-refractivity contribution is 0.0950. The van der Waals surface area contributed by atoms with Crippen molar-refractivity contribution in [2.75, 3.05) is 19.1 Å². The lowest BCUT2D eigenvalue weighted by atomic mass is 10.1. The summed E-state index contributed by atoms with van der Waals surface area (Å²) >= 11 is 0. The number of hydrogen-bond acceptors (Lipinski definition) is 5. The van der Waals surface area contributed by atoms with Crippen LogP contribution in [0.3, 0.4) is 0 Å². The van der Waals surface area contributed by atoms with Crippen LogP contribution in [-0.4, -0.2) is 38.8 Å². The van der Waals surface area contributed by atoms with Crippen molar-refractivity contribution < 1.29 is 22.7 Å². The van der Waals surface area contributed by atoms with E-state index in [9.17, 15) is 18.0 Å². The average Bonchev–Trinajstić information content (AvgIpc) is 2.86. The normalized spacial score (nSPS) is 15.4. The van der Waals surface area contributed by atoms with Crippen molar-refractivity contribution in [1.82, 2.24) is 9.62 Å². The molecule has 4 rings (SSSR count). The molecular weight excluding hydrogens is 454 g/mol. The van der Waals surface area contributed by atoms with E-state index >= 15 is 0 Å². The van der Waals surface area contributed by atoms with Crippen molar-refractivity contribution in [3.8, 4) is 5.75 Å². The van der Waals surface area contributed by atoms with Crippen LogP contribution in [0.15, 0.2) is 77.7 Å². The SMILES string of the molecule is COc1ccc(CNC(=O)c2ccc3c(c2)S(=O)(=O)N(C(C)c2ccccc2)C(=O)N3C)cc1. The van der Waals surface area contributed by atoms with Gasteiger partial charge >= 0.3 is 6.03 Å². The molecule has 0 aromatic heterocycles. The highest BCUT2D eigenvalue weighted by atomic mass is 32.2. The molecule has 8 nitrogen and oxygen atoms in total. The van der Waals surface area contributed by atoms with Crippen LogP contribution in [0.1, 0.15) is 34.5 Å². The van der Waals surface area contributed by atoms with E-state index in [0.717, 1.165) is 9.87 Å². The number of anilines is 1. The number of hydrogen-bond donors (Lipinski definition) is 1. The Balaban J connectivity index is 1.62. The maximum absolute atomic E-state index is 13.5. The molecule has 34 heavy (non-hydrogen) atoms. The lowest BCUT2D eigenvalue weighted by Crippen LogP contribution is -2.50. The van der Waals surface area contributed by atoms with Crippen molar-refractivity contribution in [2.24, 2.45) is 0 Å². The first kappa shape index (κ1) is 23.3. The maximum atomic E-state index is 13.5. The third-order valence-corrected chi connectivity index (χ3v) is 7.71. The van der Waals surface area contributed by atoms with Crippen molar-refractivity contribution in [2.45, 2.75) is 24.4 Å². The lowest BCUT2D eigenvalue weighted by Gasteiger charge is -2.37. The Morgan fingerprint density at radius 2 is 1.71 bits per heavy atom. The van der Waals surface area contributed by atoms with Crippen LogP contribution >= 0.6 is 0 Å². The van der Waals surface area contributed by atoms with E-state index in [1.165, 1.54) is 30.1 Å². The molecule has 0 aliphatic carbocycles.